The molecular weight excluding hydrogens is 616 g/mol. The smallest absolute Gasteiger partial charge is 0.508 e. The van der Waals surface area contributed by atoms with E-state index in [-0.39, 0.29) is 24.0 Å². The highest BCUT2D eigenvalue weighted by atomic mass is 28.4. The molecule has 3 fully saturated rings. The molecule has 4 aliphatic rings. The molecule has 0 aromatic heterocycles. The second-order valence-corrected chi connectivity index (χ2v) is 20.6. The summed E-state index contributed by atoms with van der Waals surface area (Å²) >= 11 is 0. The Morgan fingerprint density at radius 1 is 0.979 bits per heavy atom. The van der Waals surface area contributed by atoms with Gasteiger partial charge in [-0.3, -0.25) is 0 Å². The first-order valence-electron chi connectivity index (χ1n) is 17.4. The third-order valence-corrected chi connectivity index (χ3v) is 12.8. The molecule has 3 saturated carbocycles. The summed E-state index contributed by atoms with van der Waals surface area (Å²) in [4.78, 5) is 24.5. The lowest BCUT2D eigenvalue weighted by molar-refractivity contribution is -0.109. The van der Waals surface area contributed by atoms with E-state index in [2.05, 4.69) is 79.4 Å². The number of carbonyl (C=O) groups excluding carboxylic acids is 2. The fourth-order valence-electron chi connectivity index (χ4n) is 9.24. The number of allylic oxidation sites excluding steroid dienone is 4. The van der Waals surface area contributed by atoms with Crippen molar-refractivity contribution >= 4 is 20.6 Å². The monoisotopic (exact) mass is 676 g/mol. The van der Waals surface area contributed by atoms with Crippen molar-refractivity contribution in [3.63, 3.8) is 0 Å². The van der Waals surface area contributed by atoms with Crippen LogP contribution in [-0.2, 0) is 32.8 Å². The van der Waals surface area contributed by atoms with Crippen LogP contribution in [0.2, 0.25) is 19.6 Å². The van der Waals surface area contributed by atoms with Gasteiger partial charge in [0.15, 0.2) is 0 Å². The number of carbonyl (C=O) groups is 2. The fraction of sp³-hybridized carbons (Fsp3) is 0.784. The van der Waals surface area contributed by atoms with Gasteiger partial charge in [0.25, 0.3) is 0 Å². The van der Waals surface area contributed by atoms with Crippen LogP contribution in [-0.4, -0.2) is 66.6 Å². The van der Waals surface area contributed by atoms with Gasteiger partial charge in [-0.2, -0.15) is 0 Å². The van der Waals surface area contributed by atoms with Gasteiger partial charge in [0.2, 0.25) is 8.32 Å². The van der Waals surface area contributed by atoms with Crippen LogP contribution in [0.1, 0.15) is 80.1 Å². The Morgan fingerprint density at radius 2 is 1.64 bits per heavy atom. The van der Waals surface area contributed by atoms with Crippen LogP contribution in [0.3, 0.4) is 0 Å². The van der Waals surface area contributed by atoms with Crippen molar-refractivity contribution in [2.45, 2.75) is 118 Å². The van der Waals surface area contributed by atoms with Gasteiger partial charge in [0.05, 0.1) is 14.2 Å². The van der Waals surface area contributed by atoms with Crippen LogP contribution >= 0.6 is 0 Å². The molecule has 0 bridgehead atoms. The summed E-state index contributed by atoms with van der Waals surface area (Å²) in [5.74, 6) is 2.85. The summed E-state index contributed by atoms with van der Waals surface area (Å²) < 4.78 is 39.3. The van der Waals surface area contributed by atoms with E-state index in [9.17, 15) is 9.59 Å². The van der Waals surface area contributed by atoms with Gasteiger partial charge >= 0.3 is 12.3 Å². The van der Waals surface area contributed by atoms with Crippen molar-refractivity contribution in [3.05, 3.63) is 35.1 Å². The van der Waals surface area contributed by atoms with Crippen LogP contribution in [0.25, 0.3) is 0 Å². The maximum absolute atomic E-state index is 12.5. The Balaban J connectivity index is 1.62. The Morgan fingerprint density at radius 3 is 2.26 bits per heavy atom. The van der Waals surface area contributed by atoms with Crippen LogP contribution in [0.5, 0.6) is 0 Å². The van der Waals surface area contributed by atoms with E-state index >= 15 is 0 Å². The Labute approximate surface area is 283 Å². The van der Waals surface area contributed by atoms with Gasteiger partial charge in [0.1, 0.15) is 30.4 Å². The standard InChI is InChI=1S/C37H60O9Si/c1-23(19-31(46-47(10,11)12)35(3,4)43-22-40-7)24(2)28-15-16-29-27-14-13-25-20-26(44-33(38)41-8)21-32(45-34(39)42-9)37(25,6)30(27)17-18-36(28,29)5/h13-14,19,23-24,26,28-30,32H,15-18,20-22H2,1-12H3/b31-19-/t23-,24-,26+,28+,29-,30-,32-,36+,37-/m0/s1. The van der Waals surface area contributed by atoms with Crippen molar-refractivity contribution in [1.82, 2.24) is 0 Å². The zero-order chi connectivity index (χ0) is 34.9. The molecule has 9 nitrogen and oxygen atoms in total. The first kappa shape index (κ1) is 37.5. The van der Waals surface area contributed by atoms with Gasteiger partial charge in [-0.15, -0.1) is 0 Å². The van der Waals surface area contributed by atoms with E-state index in [4.69, 9.17) is 32.8 Å². The number of methoxy groups -OCH3 is 3. The Bertz CT molecular complexity index is 1250. The first-order valence-corrected chi connectivity index (χ1v) is 20.8. The Hall–Kier alpha value is -2.30. The van der Waals surface area contributed by atoms with E-state index < -0.39 is 43.9 Å². The van der Waals surface area contributed by atoms with E-state index in [0.717, 1.165) is 30.6 Å². The highest BCUT2D eigenvalue weighted by Gasteiger charge is 2.60. The van der Waals surface area contributed by atoms with Gasteiger partial charge in [-0.1, -0.05) is 51.0 Å². The molecule has 0 radical (unpaired) electrons. The zero-order valence-electron chi connectivity index (χ0n) is 30.9. The van der Waals surface area contributed by atoms with Crippen LogP contribution in [0, 0.1) is 40.4 Å². The number of hydrogen-bond donors (Lipinski definition) is 0. The highest BCUT2D eigenvalue weighted by molar-refractivity contribution is 6.70. The summed E-state index contributed by atoms with van der Waals surface area (Å²) in [5.41, 5.74) is 1.77. The summed E-state index contributed by atoms with van der Waals surface area (Å²) in [5, 5.41) is 0. The topological polar surface area (TPSA) is 98.8 Å². The Kier molecular flexibility index (Phi) is 11.4. The maximum atomic E-state index is 12.5. The minimum absolute atomic E-state index is 0.150. The summed E-state index contributed by atoms with van der Waals surface area (Å²) in [6, 6.07) is 0. The molecule has 0 heterocycles. The lowest BCUT2D eigenvalue weighted by Gasteiger charge is -2.57. The normalized spacial score (nSPS) is 33.6. The van der Waals surface area contributed by atoms with E-state index in [1.54, 1.807) is 7.11 Å². The molecule has 0 amide bonds. The van der Waals surface area contributed by atoms with Gasteiger partial charge in [-0.05, 0) is 100 Å². The lowest BCUT2D eigenvalue weighted by Crippen LogP contribution is -2.54. The molecule has 4 aliphatic carbocycles. The molecule has 0 aromatic carbocycles. The molecule has 0 unspecified atom stereocenters. The van der Waals surface area contributed by atoms with Gasteiger partial charge < -0.3 is 32.8 Å². The summed E-state index contributed by atoms with van der Waals surface area (Å²) in [7, 11) is 2.38. The minimum atomic E-state index is -1.89. The molecular formula is C37H60O9Si. The second-order valence-electron chi connectivity index (χ2n) is 16.2. The maximum Gasteiger partial charge on any atom is 0.508 e. The molecule has 0 spiro atoms. The van der Waals surface area contributed by atoms with Crippen molar-refractivity contribution in [1.29, 1.82) is 0 Å². The fourth-order valence-corrected chi connectivity index (χ4v) is 10.2. The first-order chi connectivity index (χ1) is 21.9. The molecule has 0 aromatic rings. The lowest BCUT2D eigenvalue weighted by atomic mass is 9.49. The van der Waals surface area contributed by atoms with Crippen LogP contribution in [0.4, 0.5) is 9.59 Å². The van der Waals surface area contributed by atoms with Crippen molar-refractivity contribution in [2.24, 2.45) is 40.4 Å². The third kappa shape index (κ3) is 7.64. The van der Waals surface area contributed by atoms with Gasteiger partial charge in [-0.25, -0.2) is 9.59 Å². The number of ether oxygens (including phenoxy) is 6. The summed E-state index contributed by atoms with van der Waals surface area (Å²) in [6.45, 7) is 20.4. The SMILES string of the molecule is COCOC(C)(C)/C(=C/[C@H](C)[C@H](C)[C@H]1CC[C@H]2C3=CC=C4C[C@@H](OC(=O)OC)C[C@H](OC(=O)OC)[C@]4(C)[C@H]3CC[C@]12C)O[Si](C)(C)C. The predicted molar refractivity (Wildman–Crippen MR) is 183 cm³/mol. The molecule has 0 saturated heterocycles. The van der Waals surface area contributed by atoms with Crippen LogP contribution < -0.4 is 0 Å². The summed E-state index contributed by atoms with van der Waals surface area (Å²) in [6.07, 6.45) is 9.91. The van der Waals surface area contributed by atoms with Crippen molar-refractivity contribution in [2.75, 3.05) is 28.1 Å². The second kappa shape index (κ2) is 14.3. The van der Waals surface area contributed by atoms with E-state index in [1.165, 1.54) is 26.2 Å². The van der Waals surface area contributed by atoms with Crippen LogP contribution in [0.15, 0.2) is 35.1 Å². The molecule has 9 atom stereocenters. The zero-order valence-corrected chi connectivity index (χ0v) is 31.9. The van der Waals surface area contributed by atoms with E-state index in [0.29, 0.717) is 30.6 Å². The average molecular weight is 677 g/mol. The largest absolute Gasteiger partial charge is 0.545 e. The average Bonchev–Trinajstić information content (AvgIpc) is 3.36. The van der Waals surface area contributed by atoms with Crippen molar-refractivity contribution < 1.29 is 42.4 Å². The van der Waals surface area contributed by atoms with E-state index in [1.807, 2.05) is 0 Å². The molecule has 0 N–H and O–H groups in total. The minimum Gasteiger partial charge on any atom is -0.545 e. The van der Waals surface area contributed by atoms with Crippen molar-refractivity contribution in [3.8, 4) is 0 Å². The highest BCUT2D eigenvalue weighted by Crippen LogP contribution is 2.66. The third-order valence-electron chi connectivity index (χ3n) is 11.9. The number of rotatable bonds is 11. The number of fused-ring (bicyclic) bond motifs is 5. The molecule has 0 aliphatic heterocycles. The molecule has 266 valence electrons. The predicted octanol–water partition coefficient (Wildman–Crippen LogP) is 8.81. The molecule has 10 heteroatoms. The molecule has 4 rings (SSSR count). The number of hydrogen-bond acceptors (Lipinski definition) is 9. The molecule has 47 heavy (non-hydrogen) atoms. The van der Waals surface area contributed by atoms with Gasteiger partial charge in [0, 0.05) is 25.4 Å². The quantitative estimate of drug-likeness (QED) is 0.0920.